The third kappa shape index (κ3) is 4.12. The number of nitrogens with two attached hydrogens (primary N) is 1. The predicted molar refractivity (Wildman–Crippen MR) is 64.8 cm³/mol. The van der Waals surface area contributed by atoms with Crippen molar-refractivity contribution in [1.29, 1.82) is 0 Å². The zero-order valence-electron chi connectivity index (χ0n) is 10.8. The van der Waals surface area contributed by atoms with E-state index in [-0.39, 0.29) is 5.54 Å². The van der Waals surface area contributed by atoms with Crippen molar-refractivity contribution in [2.24, 2.45) is 17.1 Å². The van der Waals surface area contributed by atoms with Gasteiger partial charge in [-0.3, -0.25) is 0 Å². The second-order valence-electron chi connectivity index (χ2n) is 6.31. The SMILES string of the molecule is COCCCC1(N)CC(C)CC(C)(C)C1. The van der Waals surface area contributed by atoms with Gasteiger partial charge in [0.05, 0.1) is 0 Å². The van der Waals surface area contributed by atoms with Crippen LogP contribution >= 0.6 is 0 Å². The summed E-state index contributed by atoms with van der Waals surface area (Å²) in [5, 5.41) is 0. The highest BCUT2D eigenvalue weighted by Crippen LogP contribution is 2.44. The molecular weight excluding hydrogens is 186 g/mol. The molecule has 0 aromatic carbocycles. The lowest BCUT2D eigenvalue weighted by Crippen LogP contribution is -2.49. The zero-order valence-corrected chi connectivity index (χ0v) is 10.8. The molecule has 1 fully saturated rings. The van der Waals surface area contributed by atoms with Gasteiger partial charge in [-0.25, -0.2) is 0 Å². The summed E-state index contributed by atoms with van der Waals surface area (Å²) in [7, 11) is 1.76. The highest BCUT2D eigenvalue weighted by atomic mass is 16.5. The Morgan fingerprint density at radius 2 is 2.00 bits per heavy atom. The fraction of sp³-hybridized carbons (Fsp3) is 1.00. The minimum absolute atomic E-state index is 0.0553. The van der Waals surface area contributed by atoms with Crippen LogP contribution in [0.5, 0.6) is 0 Å². The molecule has 2 atom stereocenters. The maximum Gasteiger partial charge on any atom is 0.0462 e. The fourth-order valence-electron chi connectivity index (χ4n) is 3.57. The van der Waals surface area contributed by atoms with Gasteiger partial charge in [0.1, 0.15) is 0 Å². The Balaban J connectivity index is 2.51. The van der Waals surface area contributed by atoms with Crippen LogP contribution in [-0.4, -0.2) is 19.3 Å². The van der Waals surface area contributed by atoms with Gasteiger partial charge in [-0.1, -0.05) is 20.8 Å². The average Bonchev–Trinajstić information content (AvgIpc) is 1.98. The monoisotopic (exact) mass is 213 g/mol. The predicted octanol–water partition coefficient (Wildman–Crippen LogP) is 2.96. The van der Waals surface area contributed by atoms with Crippen molar-refractivity contribution in [3.63, 3.8) is 0 Å². The van der Waals surface area contributed by atoms with Gasteiger partial charge in [0, 0.05) is 19.3 Å². The third-order valence-electron chi connectivity index (χ3n) is 3.51. The van der Waals surface area contributed by atoms with Crippen LogP contribution in [0.15, 0.2) is 0 Å². The standard InChI is InChI=1S/C13H27NO/c1-11-8-12(2,3)10-13(14,9-11)6-5-7-15-4/h11H,5-10,14H2,1-4H3. The molecule has 0 heterocycles. The summed E-state index contributed by atoms with van der Waals surface area (Å²) in [6, 6.07) is 0. The summed E-state index contributed by atoms with van der Waals surface area (Å²) in [5.74, 6) is 0.765. The Kier molecular flexibility index (Phi) is 4.19. The Hall–Kier alpha value is -0.0800. The second-order valence-corrected chi connectivity index (χ2v) is 6.31. The molecule has 0 bridgehead atoms. The van der Waals surface area contributed by atoms with E-state index in [9.17, 15) is 0 Å². The van der Waals surface area contributed by atoms with Crippen LogP contribution in [0.1, 0.15) is 52.9 Å². The van der Waals surface area contributed by atoms with E-state index in [0.717, 1.165) is 31.8 Å². The van der Waals surface area contributed by atoms with Gasteiger partial charge in [-0.05, 0) is 43.4 Å². The molecule has 15 heavy (non-hydrogen) atoms. The fourth-order valence-corrected chi connectivity index (χ4v) is 3.57. The Morgan fingerprint density at radius 3 is 2.53 bits per heavy atom. The van der Waals surface area contributed by atoms with Crippen molar-refractivity contribution in [3.05, 3.63) is 0 Å². The smallest absolute Gasteiger partial charge is 0.0462 e. The molecule has 1 saturated carbocycles. The largest absolute Gasteiger partial charge is 0.385 e. The third-order valence-corrected chi connectivity index (χ3v) is 3.51. The van der Waals surface area contributed by atoms with Crippen LogP contribution in [0, 0.1) is 11.3 Å². The van der Waals surface area contributed by atoms with E-state index in [1.807, 2.05) is 0 Å². The number of ether oxygens (including phenoxy) is 1. The molecule has 0 radical (unpaired) electrons. The highest BCUT2D eigenvalue weighted by molar-refractivity contribution is 4.96. The second kappa shape index (κ2) is 4.84. The molecule has 2 N–H and O–H groups in total. The minimum Gasteiger partial charge on any atom is -0.385 e. The van der Waals surface area contributed by atoms with Gasteiger partial charge in [-0.2, -0.15) is 0 Å². The molecule has 2 nitrogen and oxygen atoms in total. The Labute approximate surface area is 94.6 Å². The van der Waals surface area contributed by atoms with Crippen molar-refractivity contribution < 1.29 is 4.74 Å². The van der Waals surface area contributed by atoms with Gasteiger partial charge < -0.3 is 10.5 Å². The van der Waals surface area contributed by atoms with Crippen molar-refractivity contribution in [2.75, 3.05) is 13.7 Å². The van der Waals surface area contributed by atoms with Crippen molar-refractivity contribution in [3.8, 4) is 0 Å². The first-order chi connectivity index (χ1) is 6.87. The summed E-state index contributed by atoms with van der Waals surface area (Å²) in [6.45, 7) is 7.87. The summed E-state index contributed by atoms with van der Waals surface area (Å²) in [6.07, 6.45) is 5.86. The van der Waals surface area contributed by atoms with Gasteiger partial charge in [0.15, 0.2) is 0 Å². The van der Waals surface area contributed by atoms with Crippen LogP contribution in [0.4, 0.5) is 0 Å². The van der Waals surface area contributed by atoms with Crippen LogP contribution in [0.2, 0.25) is 0 Å². The van der Waals surface area contributed by atoms with Crippen molar-refractivity contribution >= 4 is 0 Å². The van der Waals surface area contributed by atoms with E-state index in [2.05, 4.69) is 20.8 Å². The van der Waals surface area contributed by atoms with Crippen LogP contribution in [-0.2, 0) is 4.74 Å². The molecule has 1 rings (SSSR count). The summed E-state index contributed by atoms with van der Waals surface area (Å²) in [5.41, 5.74) is 6.98. The number of hydrogen-bond acceptors (Lipinski definition) is 2. The highest BCUT2D eigenvalue weighted by Gasteiger charge is 2.39. The molecule has 90 valence electrons. The van der Waals surface area contributed by atoms with Gasteiger partial charge in [0.25, 0.3) is 0 Å². The molecular formula is C13H27NO. The Bertz CT molecular complexity index is 203. The van der Waals surface area contributed by atoms with Gasteiger partial charge in [0.2, 0.25) is 0 Å². The maximum atomic E-state index is 6.51. The maximum absolute atomic E-state index is 6.51. The van der Waals surface area contributed by atoms with Crippen molar-refractivity contribution in [1.82, 2.24) is 0 Å². The molecule has 0 aromatic heterocycles. The summed E-state index contributed by atoms with van der Waals surface area (Å²) in [4.78, 5) is 0. The Morgan fingerprint density at radius 1 is 1.33 bits per heavy atom. The number of rotatable bonds is 4. The van der Waals surface area contributed by atoms with E-state index in [4.69, 9.17) is 10.5 Å². The number of hydrogen-bond donors (Lipinski definition) is 1. The molecule has 2 heteroatoms. The van der Waals surface area contributed by atoms with Crippen LogP contribution in [0.25, 0.3) is 0 Å². The topological polar surface area (TPSA) is 35.2 Å². The van der Waals surface area contributed by atoms with E-state index >= 15 is 0 Å². The van der Waals surface area contributed by atoms with E-state index in [1.165, 1.54) is 12.8 Å². The molecule has 0 aliphatic heterocycles. The lowest BCUT2D eigenvalue weighted by molar-refractivity contribution is 0.0919. The van der Waals surface area contributed by atoms with Gasteiger partial charge >= 0.3 is 0 Å². The normalized spacial score (nSPS) is 35.4. The first-order valence-corrected chi connectivity index (χ1v) is 6.15. The quantitative estimate of drug-likeness (QED) is 0.729. The first-order valence-electron chi connectivity index (χ1n) is 6.15. The molecule has 0 spiro atoms. The van der Waals surface area contributed by atoms with Crippen molar-refractivity contribution in [2.45, 2.75) is 58.4 Å². The lowest BCUT2D eigenvalue weighted by atomic mass is 9.63. The summed E-state index contributed by atoms with van der Waals surface area (Å²) < 4.78 is 5.10. The van der Waals surface area contributed by atoms with E-state index < -0.39 is 0 Å². The molecule has 1 aliphatic rings. The number of methoxy groups -OCH3 is 1. The molecule has 2 unspecified atom stereocenters. The van der Waals surface area contributed by atoms with E-state index in [1.54, 1.807) is 7.11 Å². The zero-order chi connectivity index (χ0) is 11.5. The molecule has 0 saturated heterocycles. The average molecular weight is 213 g/mol. The molecule has 0 aromatic rings. The molecule has 0 amide bonds. The summed E-state index contributed by atoms with van der Waals surface area (Å²) >= 11 is 0. The first kappa shape index (κ1) is 13.0. The van der Waals surface area contributed by atoms with Gasteiger partial charge in [-0.15, -0.1) is 0 Å². The minimum atomic E-state index is 0.0553. The van der Waals surface area contributed by atoms with Crippen LogP contribution in [0.3, 0.4) is 0 Å². The molecule has 1 aliphatic carbocycles. The van der Waals surface area contributed by atoms with Crippen LogP contribution < -0.4 is 5.73 Å². The lowest BCUT2D eigenvalue weighted by Gasteiger charge is -2.45. The van der Waals surface area contributed by atoms with E-state index in [0.29, 0.717) is 5.41 Å².